The minimum Gasteiger partial charge on any atom is -0.476 e. The van der Waals surface area contributed by atoms with Crippen LogP contribution in [0.1, 0.15) is 20.8 Å². The number of nitro groups is 1. The lowest BCUT2D eigenvalue weighted by Crippen LogP contribution is -2.38. The highest BCUT2D eigenvalue weighted by atomic mass is 79.9. The Labute approximate surface area is 155 Å². The van der Waals surface area contributed by atoms with E-state index in [-0.39, 0.29) is 11.6 Å². The van der Waals surface area contributed by atoms with E-state index in [1.807, 2.05) is 0 Å². The molecule has 9 nitrogen and oxygen atoms in total. The number of halogens is 1. The second-order valence-electron chi connectivity index (χ2n) is 6.40. The highest BCUT2D eigenvalue weighted by Gasteiger charge is 2.23. The third-order valence-electron chi connectivity index (χ3n) is 3.13. The number of carbonyl (C=O) groups excluding carboxylic acids is 1. The van der Waals surface area contributed by atoms with Crippen molar-refractivity contribution in [2.75, 3.05) is 39.2 Å². The number of likely N-dealkylation sites (N-methyl/N-ethyl adjacent to an activating group) is 2. The molecule has 0 N–H and O–H groups in total. The number of amides is 1. The summed E-state index contributed by atoms with van der Waals surface area (Å²) in [5.41, 5.74) is -0.787. The van der Waals surface area contributed by atoms with E-state index >= 15 is 0 Å². The Kier molecular flexibility index (Phi) is 6.97. The van der Waals surface area contributed by atoms with E-state index in [1.165, 1.54) is 18.1 Å². The van der Waals surface area contributed by atoms with Gasteiger partial charge in [0.2, 0.25) is 0 Å². The summed E-state index contributed by atoms with van der Waals surface area (Å²) in [6.45, 7) is 6.24. The number of rotatable bonds is 6. The summed E-state index contributed by atoms with van der Waals surface area (Å²) in [5.74, 6) is 0.399. The van der Waals surface area contributed by atoms with Crippen molar-refractivity contribution in [1.82, 2.24) is 9.88 Å². The molecule has 0 fully saturated rings. The van der Waals surface area contributed by atoms with Crippen LogP contribution in [0, 0.1) is 10.1 Å². The van der Waals surface area contributed by atoms with Gasteiger partial charge in [-0.25, -0.2) is 4.79 Å². The highest BCUT2D eigenvalue weighted by molar-refractivity contribution is 9.10. The van der Waals surface area contributed by atoms with Gasteiger partial charge >= 0.3 is 11.8 Å². The number of pyridine rings is 1. The maximum Gasteiger partial charge on any atom is 0.410 e. The first-order valence-corrected chi connectivity index (χ1v) is 8.29. The van der Waals surface area contributed by atoms with Crippen LogP contribution in [-0.2, 0) is 4.74 Å². The number of carbonyl (C=O) groups is 1. The fourth-order valence-corrected chi connectivity index (χ4v) is 2.45. The molecular weight excluding hydrogens is 396 g/mol. The van der Waals surface area contributed by atoms with E-state index in [4.69, 9.17) is 9.47 Å². The average molecular weight is 419 g/mol. The van der Waals surface area contributed by atoms with Crippen molar-refractivity contribution in [3.05, 3.63) is 20.7 Å². The van der Waals surface area contributed by atoms with Gasteiger partial charge in [0.05, 0.1) is 16.5 Å². The third-order valence-corrected chi connectivity index (χ3v) is 3.71. The number of aromatic nitrogens is 1. The molecule has 0 aromatic carbocycles. The van der Waals surface area contributed by atoms with Crippen LogP contribution in [0.25, 0.3) is 0 Å². The van der Waals surface area contributed by atoms with Gasteiger partial charge in [0.15, 0.2) is 0 Å². The first-order chi connectivity index (χ1) is 11.5. The molecule has 0 saturated carbocycles. The molecule has 1 rings (SSSR count). The summed E-state index contributed by atoms with van der Waals surface area (Å²) in [6.07, 6.45) is -0.422. The number of methoxy groups -OCH3 is 1. The van der Waals surface area contributed by atoms with Crippen LogP contribution in [0.2, 0.25) is 0 Å². The lowest BCUT2D eigenvalue weighted by molar-refractivity contribution is -0.386. The van der Waals surface area contributed by atoms with E-state index in [1.54, 1.807) is 39.8 Å². The van der Waals surface area contributed by atoms with Gasteiger partial charge in [-0.05, 0) is 36.7 Å². The Hall–Kier alpha value is -2.10. The smallest absolute Gasteiger partial charge is 0.410 e. The molecule has 0 aliphatic carbocycles. The molecule has 1 heterocycles. The predicted molar refractivity (Wildman–Crippen MR) is 97.3 cm³/mol. The molecule has 25 heavy (non-hydrogen) atoms. The lowest BCUT2D eigenvalue weighted by atomic mass is 10.2. The molecular formula is C15H23BrN4O5. The van der Waals surface area contributed by atoms with Gasteiger partial charge in [-0.15, -0.1) is 0 Å². The highest BCUT2D eigenvalue weighted by Crippen LogP contribution is 2.34. The Morgan fingerprint density at radius 1 is 1.36 bits per heavy atom. The van der Waals surface area contributed by atoms with Gasteiger partial charge in [-0.3, -0.25) is 10.1 Å². The number of hydrogen-bond donors (Lipinski definition) is 0. The van der Waals surface area contributed by atoms with Gasteiger partial charge in [0.1, 0.15) is 11.4 Å². The molecule has 1 aromatic heterocycles. The van der Waals surface area contributed by atoms with Crippen molar-refractivity contribution < 1.29 is 19.2 Å². The van der Waals surface area contributed by atoms with E-state index in [2.05, 4.69) is 20.9 Å². The van der Waals surface area contributed by atoms with E-state index in [9.17, 15) is 14.9 Å². The fraction of sp³-hybridized carbons (Fsp3) is 0.600. The van der Waals surface area contributed by atoms with Crippen LogP contribution >= 0.6 is 15.9 Å². The fourth-order valence-electron chi connectivity index (χ4n) is 1.84. The maximum absolute atomic E-state index is 12.0. The van der Waals surface area contributed by atoms with Gasteiger partial charge < -0.3 is 19.3 Å². The standard InChI is InChI=1S/C15H23BrN4O5/c1-15(2,3)25-14(21)19(5)8-7-18(4)12-10(16)9-11(20(22)23)13(17-12)24-6/h9H,7-8H2,1-6H3. The molecule has 0 aliphatic rings. The van der Waals surface area contributed by atoms with Crippen LogP contribution in [0.3, 0.4) is 0 Å². The summed E-state index contributed by atoms with van der Waals surface area (Å²) in [5, 5.41) is 11.0. The zero-order valence-corrected chi connectivity index (χ0v) is 16.8. The van der Waals surface area contributed by atoms with Gasteiger partial charge in [0, 0.05) is 33.3 Å². The van der Waals surface area contributed by atoms with Gasteiger partial charge in [-0.1, -0.05) is 0 Å². The van der Waals surface area contributed by atoms with Crippen LogP contribution in [0.4, 0.5) is 16.3 Å². The van der Waals surface area contributed by atoms with Crippen LogP contribution < -0.4 is 9.64 Å². The summed E-state index contributed by atoms with van der Waals surface area (Å²) in [7, 11) is 4.73. The Bertz CT molecular complexity index is 648. The quantitative estimate of drug-likeness (QED) is 0.516. The largest absolute Gasteiger partial charge is 0.476 e. The minimum absolute atomic E-state index is 0.0736. The monoisotopic (exact) mass is 418 g/mol. The Morgan fingerprint density at radius 2 is 1.96 bits per heavy atom. The predicted octanol–water partition coefficient (Wildman–Crippen LogP) is 3.06. The van der Waals surface area contributed by atoms with Gasteiger partial charge in [0.25, 0.3) is 5.88 Å². The topological polar surface area (TPSA) is 98.0 Å². The van der Waals surface area contributed by atoms with Crippen molar-refractivity contribution in [3.63, 3.8) is 0 Å². The van der Waals surface area contributed by atoms with Crippen LogP contribution in [0.15, 0.2) is 10.5 Å². The number of hydrogen-bond acceptors (Lipinski definition) is 7. The number of nitrogens with zero attached hydrogens (tertiary/aromatic N) is 4. The molecule has 0 bridgehead atoms. The molecule has 0 saturated heterocycles. The van der Waals surface area contributed by atoms with E-state index < -0.39 is 16.6 Å². The zero-order valence-electron chi connectivity index (χ0n) is 15.2. The van der Waals surface area contributed by atoms with E-state index in [0.29, 0.717) is 23.4 Å². The van der Waals surface area contributed by atoms with Crippen molar-refractivity contribution in [3.8, 4) is 5.88 Å². The summed E-state index contributed by atoms with van der Waals surface area (Å²) in [4.78, 5) is 29.8. The Morgan fingerprint density at radius 3 is 2.44 bits per heavy atom. The third kappa shape index (κ3) is 6.04. The lowest BCUT2D eigenvalue weighted by Gasteiger charge is -2.27. The van der Waals surface area contributed by atoms with E-state index in [0.717, 1.165) is 0 Å². The first-order valence-electron chi connectivity index (χ1n) is 7.50. The molecule has 1 amide bonds. The zero-order chi connectivity index (χ0) is 19.4. The molecule has 0 spiro atoms. The second kappa shape index (κ2) is 8.32. The van der Waals surface area contributed by atoms with Crippen molar-refractivity contribution in [1.29, 1.82) is 0 Å². The van der Waals surface area contributed by atoms with Crippen molar-refractivity contribution >= 4 is 33.5 Å². The normalized spacial score (nSPS) is 11.0. The van der Waals surface area contributed by atoms with Crippen LogP contribution in [-0.4, -0.2) is 60.8 Å². The van der Waals surface area contributed by atoms with Crippen molar-refractivity contribution in [2.24, 2.45) is 0 Å². The van der Waals surface area contributed by atoms with Gasteiger partial charge in [-0.2, -0.15) is 4.98 Å². The number of anilines is 1. The summed E-state index contributed by atoms with van der Waals surface area (Å²) >= 11 is 3.29. The van der Waals surface area contributed by atoms with Crippen LogP contribution in [0.5, 0.6) is 5.88 Å². The second-order valence-corrected chi connectivity index (χ2v) is 7.26. The Balaban J connectivity index is 2.82. The summed E-state index contributed by atoms with van der Waals surface area (Å²) < 4.78 is 10.7. The minimum atomic E-state index is -0.562. The maximum atomic E-state index is 12.0. The SMILES string of the molecule is COc1nc(N(C)CCN(C)C(=O)OC(C)(C)C)c(Br)cc1[N+](=O)[O-]. The molecule has 0 radical (unpaired) electrons. The molecule has 0 aliphatic heterocycles. The molecule has 0 unspecified atom stereocenters. The molecule has 140 valence electrons. The van der Waals surface area contributed by atoms with Crippen molar-refractivity contribution in [2.45, 2.75) is 26.4 Å². The molecule has 0 atom stereocenters. The molecule has 1 aromatic rings. The number of ether oxygens (including phenoxy) is 2. The first kappa shape index (κ1) is 20.9. The average Bonchev–Trinajstić information content (AvgIpc) is 2.50. The molecule has 10 heteroatoms. The summed E-state index contributed by atoms with van der Waals surface area (Å²) in [6, 6.07) is 1.34.